The second kappa shape index (κ2) is 7.11. The second-order valence-electron chi connectivity index (χ2n) is 3.85. The predicted octanol–water partition coefficient (Wildman–Crippen LogP) is 2.38. The van der Waals surface area contributed by atoms with Crippen LogP contribution in [0, 0.1) is 0 Å². The highest BCUT2D eigenvalue weighted by atomic mass is 32.2. The maximum Gasteiger partial charge on any atom is 0.163 e. The van der Waals surface area contributed by atoms with Crippen LogP contribution in [0.1, 0.15) is 5.69 Å². The molecule has 0 unspecified atom stereocenters. The quantitative estimate of drug-likeness (QED) is 0.821. The Hall–Kier alpha value is -1.59. The van der Waals surface area contributed by atoms with Crippen molar-refractivity contribution in [1.29, 1.82) is 0 Å². The molecule has 5 heteroatoms. The molecule has 2 aromatic rings. The summed E-state index contributed by atoms with van der Waals surface area (Å²) in [6, 6.07) is 9.59. The van der Waals surface area contributed by atoms with E-state index in [0.29, 0.717) is 11.6 Å². The van der Waals surface area contributed by atoms with Gasteiger partial charge in [0.25, 0.3) is 0 Å². The summed E-state index contributed by atoms with van der Waals surface area (Å²) in [5, 5.41) is 8.78. The maximum atomic E-state index is 8.78. The van der Waals surface area contributed by atoms with Crippen molar-refractivity contribution in [3.05, 3.63) is 42.2 Å². The average Bonchev–Trinajstić information content (AvgIpc) is 2.48. The number of hydrogen-bond acceptors (Lipinski definition) is 5. The Morgan fingerprint density at radius 2 is 2.11 bits per heavy atom. The van der Waals surface area contributed by atoms with E-state index in [2.05, 4.69) is 9.97 Å². The third-order valence-corrected chi connectivity index (χ3v) is 3.52. The third-order valence-electron chi connectivity index (χ3n) is 2.55. The highest BCUT2D eigenvalue weighted by Gasteiger charge is 2.08. The minimum absolute atomic E-state index is 0.190. The first kappa shape index (κ1) is 13.8. The monoisotopic (exact) mass is 276 g/mol. The number of rotatable bonds is 6. The highest BCUT2D eigenvalue weighted by Crippen LogP contribution is 2.26. The third kappa shape index (κ3) is 3.68. The molecule has 19 heavy (non-hydrogen) atoms. The molecule has 0 saturated heterocycles. The molecule has 1 aromatic carbocycles. The number of ether oxygens (including phenoxy) is 1. The number of benzene rings is 1. The number of aliphatic hydroxyl groups is 1. The molecular weight excluding hydrogens is 260 g/mol. The van der Waals surface area contributed by atoms with Crippen molar-refractivity contribution in [2.45, 2.75) is 5.75 Å². The molecule has 2 rings (SSSR count). The summed E-state index contributed by atoms with van der Waals surface area (Å²) < 4.78 is 5.32. The molecule has 0 saturated carbocycles. The topological polar surface area (TPSA) is 55.2 Å². The molecule has 1 aromatic heterocycles. The van der Waals surface area contributed by atoms with E-state index in [1.807, 2.05) is 30.3 Å². The number of thioether (sulfide) groups is 1. The van der Waals surface area contributed by atoms with Gasteiger partial charge in [0.15, 0.2) is 5.82 Å². The lowest BCUT2D eigenvalue weighted by Crippen LogP contribution is -1.96. The molecule has 0 spiro atoms. The van der Waals surface area contributed by atoms with Gasteiger partial charge < -0.3 is 9.84 Å². The zero-order valence-corrected chi connectivity index (χ0v) is 11.6. The summed E-state index contributed by atoms with van der Waals surface area (Å²) in [7, 11) is 1.64. The smallest absolute Gasteiger partial charge is 0.163 e. The molecule has 0 fully saturated rings. The van der Waals surface area contributed by atoms with Gasteiger partial charge in [-0.25, -0.2) is 9.97 Å². The molecule has 0 bridgehead atoms. The van der Waals surface area contributed by atoms with Gasteiger partial charge in [0.1, 0.15) is 5.75 Å². The largest absolute Gasteiger partial charge is 0.496 e. The van der Waals surface area contributed by atoms with Gasteiger partial charge in [0.05, 0.1) is 25.0 Å². The molecule has 0 aliphatic heterocycles. The van der Waals surface area contributed by atoms with E-state index >= 15 is 0 Å². The number of aromatic nitrogens is 2. The summed E-state index contributed by atoms with van der Waals surface area (Å²) in [6.07, 6.45) is 1.75. The first-order valence-corrected chi connectivity index (χ1v) is 7.14. The van der Waals surface area contributed by atoms with Crippen LogP contribution in [-0.2, 0) is 5.75 Å². The van der Waals surface area contributed by atoms with Gasteiger partial charge in [0, 0.05) is 17.7 Å². The number of nitrogens with zero attached hydrogens (tertiary/aromatic N) is 2. The van der Waals surface area contributed by atoms with Crippen LogP contribution in [-0.4, -0.2) is 34.5 Å². The molecule has 1 N–H and O–H groups in total. The number of hydrogen-bond donors (Lipinski definition) is 1. The van der Waals surface area contributed by atoms with Crippen molar-refractivity contribution in [2.75, 3.05) is 19.5 Å². The molecule has 4 nitrogen and oxygen atoms in total. The van der Waals surface area contributed by atoms with Gasteiger partial charge in [-0.05, 0) is 18.2 Å². The number of para-hydroxylation sites is 1. The fraction of sp³-hybridized carbons (Fsp3) is 0.286. The molecular formula is C14H16N2O2S. The van der Waals surface area contributed by atoms with Gasteiger partial charge in [-0.2, -0.15) is 11.8 Å². The zero-order valence-electron chi connectivity index (χ0n) is 10.7. The Bertz CT molecular complexity index is 534. The Morgan fingerprint density at radius 3 is 2.89 bits per heavy atom. The molecule has 0 aliphatic carbocycles. The maximum absolute atomic E-state index is 8.78. The lowest BCUT2D eigenvalue weighted by atomic mass is 10.2. The van der Waals surface area contributed by atoms with Gasteiger partial charge in [-0.1, -0.05) is 12.1 Å². The molecule has 0 atom stereocenters. The molecule has 0 aliphatic rings. The van der Waals surface area contributed by atoms with Gasteiger partial charge >= 0.3 is 0 Å². The van der Waals surface area contributed by atoms with Crippen molar-refractivity contribution in [3.63, 3.8) is 0 Å². The number of methoxy groups -OCH3 is 1. The SMILES string of the molecule is COc1ccccc1-c1nccc(CSCCO)n1. The van der Waals surface area contributed by atoms with E-state index in [1.54, 1.807) is 25.1 Å². The van der Waals surface area contributed by atoms with Gasteiger partial charge in [-0.15, -0.1) is 0 Å². The van der Waals surface area contributed by atoms with Crippen molar-refractivity contribution in [3.8, 4) is 17.1 Å². The van der Waals surface area contributed by atoms with Crippen LogP contribution in [0.3, 0.4) is 0 Å². The molecule has 0 amide bonds. The average molecular weight is 276 g/mol. The Labute approximate surface area is 116 Å². The van der Waals surface area contributed by atoms with E-state index in [4.69, 9.17) is 9.84 Å². The van der Waals surface area contributed by atoms with Crippen LogP contribution >= 0.6 is 11.8 Å². The van der Waals surface area contributed by atoms with Gasteiger partial charge in [-0.3, -0.25) is 0 Å². The summed E-state index contributed by atoms with van der Waals surface area (Å²) in [6.45, 7) is 0.190. The van der Waals surface area contributed by atoms with Crippen molar-refractivity contribution >= 4 is 11.8 Å². The highest BCUT2D eigenvalue weighted by molar-refractivity contribution is 7.98. The first-order chi connectivity index (χ1) is 9.35. The van der Waals surface area contributed by atoms with Crippen LogP contribution in [0.5, 0.6) is 5.75 Å². The van der Waals surface area contributed by atoms with E-state index in [0.717, 1.165) is 22.8 Å². The van der Waals surface area contributed by atoms with Crippen LogP contribution in [0.4, 0.5) is 0 Å². The summed E-state index contributed by atoms with van der Waals surface area (Å²) in [5.41, 5.74) is 1.84. The van der Waals surface area contributed by atoms with Crippen LogP contribution in [0.15, 0.2) is 36.5 Å². The van der Waals surface area contributed by atoms with Crippen LogP contribution in [0.2, 0.25) is 0 Å². The van der Waals surface area contributed by atoms with Crippen LogP contribution in [0.25, 0.3) is 11.4 Å². The predicted molar refractivity (Wildman–Crippen MR) is 77.3 cm³/mol. The van der Waals surface area contributed by atoms with E-state index in [9.17, 15) is 0 Å². The minimum atomic E-state index is 0.190. The zero-order chi connectivity index (χ0) is 13.5. The summed E-state index contributed by atoms with van der Waals surface area (Å²) in [5.74, 6) is 2.92. The fourth-order valence-electron chi connectivity index (χ4n) is 1.68. The summed E-state index contributed by atoms with van der Waals surface area (Å²) in [4.78, 5) is 8.83. The fourth-order valence-corrected chi connectivity index (χ4v) is 2.32. The van der Waals surface area contributed by atoms with Crippen molar-refractivity contribution in [2.24, 2.45) is 0 Å². The Balaban J connectivity index is 2.22. The van der Waals surface area contributed by atoms with Crippen LogP contribution < -0.4 is 4.74 Å². The Morgan fingerprint density at radius 1 is 1.26 bits per heavy atom. The second-order valence-corrected chi connectivity index (χ2v) is 4.95. The van der Waals surface area contributed by atoms with E-state index in [1.165, 1.54) is 0 Å². The standard InChI is InChI=1S/C14H16N2O2S/c1-18-13-5-3-2-4-12(13)14-15-7-6-11(16-14)10-19-9-8-17/h2-7,17H,8-10H2,1H3. The Kier molecular flexibility index (Phi) is 5.18. The first-order valence-electron chi connectivity index (χ1n) is 5.99. The van der Waals surface area contributed by atoms with E-state index < -0.39 is 0 Å². The molecule has 1 heterocycles. The number of aliphatic hydroxyl groups excluding tert-OH is 1. The lowest BCUT2D eigenvalue weighted by Gasteiger charge is -2.07. The van der Waals surface area contributed by atoms with E-state index in [-0.39, 0.29) is 6.61 Å². The van der Waals surface area contributed by atoms with Gasteiger partial charge in [0.2, 0.25) is 0 Å². The normalized spacial score (nSPS) is 10.4. The summed E-state index contributed by atoms with van der Waals surface area (Å²) >= 11 is 1.65. The van der Waals surface area contributed by atoms with Crippen molar-refractivity contribution < 1.29 is 9.84 Å². The molecule has 100 valence electrons. The molecule has 0 radical (unpaired) electrons. The minimum Gasteiger partial charge on any atom is -0.496 e. The lowest BCUT2D eigenvalue weighted by molar-refractivity contribution is 0.322. The van der Waals surface area contributed by atoms with Crippen molar-refractivity contribution in [1.82, 2.24) is 9.97 Å².